The topological polar surface area (TPSA) is 309 Å². The van der Waals surface area contributed by atoms with E-state index in [0.29, 0.717) is 11.1 Å². The van der Waals surface area contributed by atoms with Gasteiger partial charge in [0.25, 0.3) is 0 Å². The van der Waals surface area contributed by atoms with Gasteiger partial charge in [0, 0.05) is 19.3 Å². The smallest absolute Gasteiger partial charge is 0.328 e. The second-order valence-electron chi connectivity index (χ2n) is 11.1. The number of carbonyl (C=O) groups excluding carboxylic acids is 6. The fourth-order valence-corrected chi connectivity index (χ4v) is 4.51. The minimum atomic E-state index is -1.68. The molecule has 270 valence electrons. The van der Waals surface area contributed by atoms with Crippen molar-refractivity contribution in [3.63, 3.8) is 0 Å². The van der Waals surface area contributed by atoms with Gasteiger partial charge in [0.2, 0.25) is 35.4 Å². The molecule has 12 N–H and O–H groups in total. The van der Waals surface area contributed by atoms with E-state index in [1.54, 1.807) is 60.7 Å². The number of hydrogen-bond donors (Lipinski definition) is 10. The predicted molar refractivity (Wildman–Crippen MR) is 174 cm³/mol. The summed E-state index contributed by atoms with van der Waals surface area (Å²) in [5.41, 5.74) is 12.0. The van der Waals surface area contributed by atoms with Gasteiger partial charge in [-0.2, -0.15) is 0 Å². The van der Waals surface area contributed by atoms with Gasteiger partial charge in [0.15, 0.2) is 0 Å². The highest BCUT2D eigenvalue weighted by molar-refractivity contribution is 5.96. The van der Waals surface area contributed by atoms with Crippen LogP contribution in [0.15, 0.2) is 60.7 Å². The molecule has 18 nitrogen and oxygen atoms in total. The van der Waals surface area contributed by atoms with Gasteiger partial charge in [0.1, 0.15) is 24.2 Å². The van der Waals surface area contributed by atoms with Crippen LogP contribution in [0.2, 0.25) is 0 Å². The molecule has 0 heterocycles. The number of rotatable bonds is 21. The maximum atomic E-state index is 13.4. The quantitative estimate of drug-likeness (QED) is 0.0612. The standard InChI is InChI=1S/C32H41N7O11/c33-20(15-25(34)41)28(45)37-22(13-18-7-3-1-4-8-18)29(46)35-16-26(42)36-21(11-12-27(43)44)30(47)38-23(14-19-9-5-2-6-10-19)31(48)39-24(17-40)32(49)50/h1-10,20-24,40H,11-17,33H2,(H2,34,41)(H,35,46)(H,36,42)(H,37,45)(H,38,47)(H,39,48)(H,43,44)(H,49,50)/t20-,21-,22-,23-,24-/m0/s1. The first-order chi connectivity index (χ1) is 23.7. The number of nitrogens with two attached hydrogens (primary N) is 2. The number of benzene rings is 2. The van der Waals surface area contributed by atoms with Gasteiger partial charge in [-0.1, -0.05) is 60.7 Å². The number of nitrogens with one attached hydrogen (secondary N) is 5. The van der Waals surface area contributed by atoms with Crippen molar-refractivity contribution in [2.75, 3.05) is 13.2 Å². The summed E-state index contributed by atoms with van der Waals surface area (Å²) in [6, 6.07) is 9.59. The molecule has 0 unspecified atom stereocenters. The number of aliphatic hydroxyl groups is 1. The molecule has 0 radical (unpaired) electrons. The van der Waals surface area contributed by atoms with Crippen molar-refractivity contribution in [2.45, 2.75) is 62.3 Å². The number of aliphatic carboxylic acids is 2. The van der Waals surface area contributed by atoms with Gasteiger partial charge >= 0.3 is 11.9 Å². The van der Waals surface area contributed by atoms with E-state index in [1.807, 2.05) is 0 Å². The van der Waals surface area contributed by atoms with Gasteiger partial charge in [-0.25, -0.2) is 4.79 Å². The molecule has 0 bridgehead atoms. The lowest BCUT2D eigenvalue weighted by atomic mass is 10.0. The molecule has 0 saturated heterocycles. The van der Waals surface area contributed by atoms with E-state index in [0.717, 1.165) is 0 Å². The molecule has 0 aromatic heterocycles. The first-order valence-electron chi connectivity index (χ1n) is 15.4. The molecule has 2 aromatic carbocycles. The van der Waals surface area contributed by atoms with Crippen LogP contribution in [-0.4, -0.2) is 106 Å². The van der Waals surface area contributed by atoms with Crippen molar-refractivity contribution in [3.05, 3.63) is 71.8 Å². The van der Waals surface area contributed by atoms with Crippen LogP contribution in [0.3, 0.4) is 0 Å². The van der Waals surface area contributed by atoms with Crippen LogP contribution in [0.25, 0.3) is 0 Å². The predicted octanol–water partition coefficient (Wildman–Crippen LogP) is -3.33. The van der Waals surface area contributed by atoms with Crippen molar-refractivity contribution in [1.29, 1.82) is 0 Å². The number of carbonyl (C=O) groups is 8. The van der Waals surface area contributed by atoms with Crippen LogP contribution in [0.1, 0.15) is 30.4 Å². The Balaban J connectivity index is 2.18. The SMILES string of the molecule is NC(=O)C[C@H](N)C(=O)N[C@@H](Cc1ccccc1)C(=O)NCC(=O)N[C@@H](CCC(=O)O)C(=O)N[C@@H](Cc1ccccc1)C(=O)N[C@@H](CO)C(=O)O. The molecule has 2 rings (SSSR count). The van der Waals surface area contributed by atoms with Gasteiger partial charge in [-0.3, -0.25) is 33.6 Å². The zero-order valence-electron chi connectivity index (χ0n) is 26.9. The Bertz CT molecular complexity index is 1510. The summed E-state index contributed by atoms with van der Waals surface area (Å²) in [5.74, 6) is -8.24. The first-order valence-corrected chi connectivity index (χ1v) is 15.4. The average Bonchev–Trinajstić information content (AvgIpc) is 3.07. The average molecular weight is 700 g/mol. The largest absolute Gasteiger partial charge is 0.481 e. The maximum Gasteiger partial charge on any atom is 0.328 e. The van der Waals surface area contributed by atoms with Gasteiger partial charge in [-0.05, 0) is 17.5 Å². The molecule has 6 amide bonds. The molecule has 2 aromatic rings. The molecular formula is C32H41N7O11. The Kier molecular flexibility index (Phi) is 16.5. The summed E-state index contributed by atoms with van der Waals surface area (Å²) in [6.07, 6.45) is -1.66. The van der Waals surface area contributed by atoms with Crippen molar-refractivity contribution in [3.8, 4) is 0 Å². The van der Waals surface area contributed by atoms with Gasteiger partial charge in [0.05, 0.1) is 25.6 Å². The number of carboxylic acids is 2. The third kappa shape index (κ3) is 14.5. The Hall–Kier alpha value is -5.88. The summed E-state index contributed by atoms with van der Waals surface area (Å²) < 4.78 is 0. The minimum absolute atomic E-state index is 0.0309. The molecular weight excluding hydrogens is 658 g/mol. The van der Waals surface area contributed by atoms with Crippen molar-refractivity contribution in [2.24, 2.45) is 11.5 Å². The van der Waals surface area contributed by atoms with E-state index in [4.69, 9.17) is 11.5 Å². The summed E-state index contributed by atoms with van der Waals surface area (Å²) in [4.78, 5) is 98.9. The lowest BCUT2D eigenvalue weighted by Gasteiger charge is -2.24. The molecule has 50 heavy (non-hydrogen) atoms. The normalized spacial score (nSPS) is 13.6. The van der Waals surface area contributed by atoms with Gasteiger partial charge < -0.3 is 53.4 Å². The lowest BCUT2D eigenvalue weighted by molar-refractivity contribution is -0.143. The van der Waals surface area contributed by atoms with E-state index in [-0.39, 0.29) is 12.8 Å². The fourth-order valence-electron chi connectivity index (χ4n) is 4.51. The lowest BCUT2D eigenvalue weighted by Crippen LogP contribution is -2.58. The van der Waals surface area contributed by atoms with Crippen LogP contribution in [0, 0.1) is 0 Å². The highest BCUT2D eigenvalue weighted by Gasteiger charge is 2.31. The highest BCUT2D eigenvalue weighted by Crippen LogP contribution is 2.07. The fraction of sp³-hybridized carbons (Fsp3) is 0.375. The summed E-state index contributed by atoms with van der Waals surface area (Å²) in [7, 11) is 0. The van der Waals surface area contributed by atoms with Crippen LogP contribution < -0.4 is 38.1 Å². The number of aliphatic hydroxyl groups excluding tert-OH is 1. The van der Waals surface area contributed by atoms with Crippen molar-refractivity contribution in [1.82, 2.24) is 26.6 Å². The number of primary amides is 1. The Morgan fingerprint density at radius 1 is 0.640 bits per heavy atom. The Morgan fingerprint density at radius 2 is 1.12 bits per heavy atom. The van der Waals surface area contributed by atoms with Crippen molar-refractivity contribution < 1.29 is 53.7 Å². The van der Waals surface area contributed by atoms with E-state index in [9.17, 15) is 53.7 Å². The number of amides is 6. The minimum Gasteiger partial charge on any atom is -0.481 e. The molecule has 0 aliphatic carbocycles. The van der Waals surface area contributed by atoms with E-state index in [1.165, 1.54) is 0 Å². The molecule has 18 heteroatoms. The maximum absolute atomic E-state index is 13.4. The van der Waals surface area contributed by atoms with Crippen LogP contribution in [0.4, 0.5) is 0 Å². The highest BCUT2D eigenvalue weighted by atomic mass is 16.4. The molecule has 0 aliphatic heterocycles. The first kappa shape index (κ1) is 40.3. The van der Waals surface area contributed by atoms with E-state index >= 15 is 0 Å². The second-order valence-corrected chi connectivity index (χ2v) is 11.1. The van der Waals surface area contributed by atoms with Crippen LogP contribution >= 0.6 is 0 Å². The summed E-state index contributed by atoms with van der Waals surface area (Å²) >= 11 is 0. The second kappa shape index (κ2) is 20.5. The molecule has 5 atom stereocenters. The molecule has 0 saturated carbocycles. The molecule has 0 aliphatic rings. The monoisotopic (exact) mass is 699 g/mol. The van der Waals surface area contributed by atoms with Crippen LogP contribution in [-0.2, 0) is 51.2 Å². The zero-order chi connectivity index (χ0) is 37.2. The Morgan fingerprint density at radius 3 is 1.60 bits per heavy atom. The van der Waals surface area contributed by atoms with Crippen LogP contribution in [0.5, 0.6) is 0 Å². The van der Waals surface area contributed by atoms with E-state index in [2.05, 4.69) is 26.6 Å². The zero-order valence-corrected chi connectivity index (χ0v) is 26.9. The summed E-state index contributed by atoms with van der Waals surface area (Å²) in [5, 5.41) is 39.4. The molecule has 0 spiro atoms. The number of hydrogen-bond acceptors (Lipinski definition) is 10. The summed E-state index contributed by atoms with van der Waals surface area (Å²) in [6.45, 7) is -1.67. The van der Waals surface area contributed by atoms with E-state index < -0.39 is 110 Å². The third-order valence-corrected chi connectivity index (χ3v) is 7.11. The van der Waals surface area contributed by atoms with Gasteiger partial charge in [-0.15, -0.1) is 0 Å². The third-order valence-electron chi connectivity index (χ3n) is 7.11. The number of carboxylic acid groups (broad SMARTS) is 2. The molecule has 0 fully saturated rings. The van der Waals surface area contributed by atoms with Crippen molar-refractivity contribution >= 4 is 47.4 Å². The Labute approximate surface area is 286 Å².